The molecule has 0 saturated heterocycles. The lowest BCUT2D eigenvalue weighted by atomic mass is 9.80. The highest BCUT2D eigenvalue weighted by Gasteiger charge is 2.22. The van der Waals surface area contributed by atoms with Gasteiger partial charge in [0.05, 0.1) is 5.60 Å². The van der Waals surface area contributed by atoms with Crippen molar-refractivity contribution >= 4 is 0 Å². The zero-order valence-corrected chi connectivity index (χ0v) is 11.1. The summed E-state index contributed by atoms with van der Waals surface area (Å²) in [5.74, 6) is 2.38. The van der Waals surface area contributed by atoms with Gasteiger partial charge in [0.1, 0.15) is 0 Å². The van der Waals surface area contributed by atoms with E-state index in [2.05, 4.69) is 41.5 Å². The van der Waals surface area contributed by atoms with Crippen molar-refractivity contribution in [2.24, 2.45) is 17.8 Å². The molecule has 0 fully saturated rings. The standard InChI is InChI=1S/C13H28O/c1-10(2)12(11(3)4)8-9-13(5,6)14-7/h10-12H,8-9H2,1-7H3. The summed E-state index contributed by atoms with van der Waals surface area (Å²) in [5.41, 5.74) is 0.0437. The van der Waals surface area contributed by atoms with E-state index < -0.39 is 0 Å². The second-order valence-corrected chi connectivity index (χ2v) is 5.65. The molecule has 0 aliphatic carbocycles. The molecule has 0 amide bonds. The van der Waals surface area contributed by atoms with Gasteiger partial charge in [0.25, 0.3) is 0 Å². The molecule has 0 saturated carbocycles. The topological polar surface area (TPSA) is 9.23 Å². The molecule has 0 spiro atoms. The van der Waals surface area contributed by atoms with Crippen molar-refractivity contribution in [1.29, 1.82) is 0 Å². The lowest BCUT2D eigenvalue weighted by Gasteiger charge is -2.29. The van der Waals surface area contributed by atoms with E-state index in [0.717, 1.165) is 24.2 Å². The summed E-state index contributed by atoms with van der Waals surface area (Å²) < 4.78 is 5.45. The Labute approximate surface area is 90.2 Å². The van der Waals surface area contributed by atoms with Crippen molar-refractivity contribution in [3.05, 3.63) is 0 Å². The van der Waals surface area contributed by atoms with Crippen LogP contribution in [0.4, 0.5) is 0 Å². The van der Waals surface area contributed by atoms with Gasteiger partial charge in [0, 0.05) is 7.11 Å². The number of hydrogen-bond acceptors (Lipinski definition) is 1. The zero-order valence-electron chi connectivity index (χ0n) is 11.1. The van der Waals surface area contributed by atoms with E-state index >= 15 is 0 Å². The Morgan fingerprint density at radius 2 is 1.43 bits per heavy atom. The molecule has 0 heterocycles. The first-order valence-electron chi connectivity index (χ1n) is 5.85. The first-order chi connectivity index (χ1) is 6.30. The van der Waals surface area contributed by atoms with Gasteiger partial charge >= 0.3 is 0 Å². The van der Waals surface area contributed by atoms with Gasteiger partial charge in [-0.3, -0.25) is 0 Å². The Balaban J connectivity index is 4.07. The molecular formula is C13H28O. The summed E-state index contributed by atoms with van der Waals surface area (Å²) in [6.07, 6.45) is 2.43. The van der Waals surface area contributed by atoms with E-state index in [1.165, 1.54) is 6.42 Å². The van der Waals surface area contributed by atoms with Crippen molar-refractivity contribution in [3.63, 3.8) is 0 Å². The average molecular weight is 200 g/mol. The van der Waals surface area contributed by atoms with Crippen molar-refractivity contribution in [1.82, 2.24) is 0 Å². The molecule has 0 unspecified atom stereocenters. The number of rotatable bonds is 6. The summed E-state index contributed by atoms with van der Waals surface area (Å²) in [6, 6.07) is 0. The molecule has 0 aliphatic rings. The maximum atomic E-state index is 5.45. The Kier molecular flexibility index (Phi) is 5.73. The fourth-order valence-electron chi connectivity index (χ4n) is 2.05. The highest BCUT2D eigenvalue weighted by molar-refractivity contribution is 4.74. The molecular weight excluding hydrogens is 172 g/mol. The van der Waals surface area contributed by atoms with Gasteiger partial charge in [-0.25, -0.2) is 0 Å². The molecule has 0 aromatic heterocycles. The summed E-state index contributed by atoms with van der Waals surface area (Å²) in [7, 11) is 1.81. The Bertz CT molecular complexity index is 139. The molecule has 14 heavy (non-hydrogen) atoms. The molecule has 1 nitrogen and oxygen atoms in total. The fourth-order valence-corrected chi connectivity index (χ4v) is 2.05. The maximum Gasteiger partial charge on any atom is 0.0622 e. The van der Waals surface area contributed by atoms with E-state index in [1.807, 2.05) is 0 Å². The molecule has 0 N–H and O–H groups in total. The van der Waals surface area contributed by atoms with Gasteiger partial charge in [-0.05, 0) is 44.4 Å². The van der Waals surface area contributed by atoms with Gasteiger partial charge in [-0.15, -0.1) is 0 Å². The minimum Gasteiger partial charge on any atom is -0.379 e. The largest absolute Gasteiger partial charge is 0.379 e. The van der Waals surface area contributed by atoms with Crippen LogP contribution in [-0.4, -0.2) is 12.7 Å². The minimum absolute atomic E-state index is 0.0437. The van der Waals surface area contributed by atoms with E-state index in [0.29, 0.717) is 0 Å². The summed E-state index contributed by atoms with van der Waals surface area (Å²) in [6.45, 7) is 13.6. The van der Waals surface area contributed by atoms with Crippen LogP contribution < -0.4 is 0 Å². The van der Waals surface area contributed by atoms with E-state index in [-0.39, 0.29) is 5.60 Å². The molecule has 0 aliphatic heterocycles. The van der Waals surface area contributed by atoms with Gasteiger partial charge in [0.15, 0.2) is 0 Å². The van der Waals surface area contributed by atoms with Crippen LogP contribution in [-0.2, 0) is 4.74 Å². The molecule has 1 heteroatoms. The second-order valence-electron chi connectivity index (χ2n) is 5.65. The van der Waals surface area contributed by atoms with E-state index in [9.17, 15) is 0 Å². The molecule has 0 aromatic carbocycles. The van der Waals surface area contributed by atoms with Crippen molar-refractivity contribution in [2.75, 3.05) is 7.11 Å². The normalized spacial score (nSPS) is 13.3. The molecule has 0 rings (SSSR count). The second kappa shape index (κ2) is 5.75. The third-order valence-corrected chi connectivity index (χ3v) is 3.34. The van der Waals surface area contributed by atoms with Gasteiger partial charge in [0.2, 0.25) is 0 Å². The highest BCUT2D eigenvalue weighted by atomic mass is 16.5. The van der Waals surface area contributed by atoms with Crippen LogP contribution in [0.15, 0.2) is 0 Å². The van der Waals surface area contributed by atoms with Crippen LogP contribution in [0.1, 0.15) is 54.4 Å². The molecule has 0 aromatic rings. The van der Waals surface area contributed by atoms with Gasteiger partial charge in [-0.2, -0.15) is 0 Å². The first-order valence-corrected chi connectivity index (χ1v) is 5.85. The molecule has 0 atom stereocenters. The number of hydrogen-bond donors (Lipinski definition) is 0. The van der Waals surface area contributed by atoms with Crippen molar-refractivity contribution < 1.29 is 4.74 Å². The molecule has 86 valence electrons. The molecule has 0 bridgehead atoms. The van der Waals surface area contributed by atoms with Gasteiger partial charge < -0.3 is 4.74 Å². The van der Waals surface area contributed by atoms with Crippen LogP contribution in [0.5, 0.6) is 0 Å². The third kappa shape index (κ3) is 4.99. The Morgan fingerprint density at radius 1 is 1.00 bits per heavy atom. The van der Waals surface area contributed by atoms with Crippen LogP contribution in [0.2, 0.25) is 0 Å². The third-order valence-electron chi connectivity index (χ3n) is 3.34. The van der Waals surface area contributed by atoms with Crippen molar-refractivity contribution in [3.8, 4) is 0 Å². The van der Waals surface area contributed by atoms with Crippen LogP contribution in [0.3, 0.4) is 0 Å². The fraction of sp³-hybridized carbons (Fsp3) is 1.00. The van der Waals surface area contributed by atoms with E-state index in [4.69, 9.17) is 4.74 Å². The maximum absolute atomic E-state index is 5.45. The predicted molar refractivity (Wildman–Crippen MR) is 63.5 cm³/mol. The lowest BCUT2D eigenvalue weighted by Crippen LogP contribution is -2.26. The summed E-state index contributed by atoms with van der Waals surface area (Å²) in [4.78, 5) is 0. The van der Waals surface area contributed by atoms with Crippen LogP contribution in [0.25, 0.3) is 0 Å². The number of ether oxygens (including phenoxy) is 1. The molecule has 0 radical (unpaired) electrons. The van der Waals surface area contributed by atoms with Crippen LogP contribution in [0, 0.1) is 17.8 Å². The van der Waals surface area contributed by atoms with Crippen molar-refractivity contribution in [2.45, 2.75) is 60.0 Å². The number of methoxy groups -OCH3 is 1. The smallest absolute Gasteiger partial charge is 0.0622 e. The average Bonchev–Trinajstić information content (AvgIpc) is 2.03. The Morgan fingerprint density at radius 3 is 1.71 bits per heavy atom. The summed E-state index contributed by atoms with van der Waals surface area (Å²) in [5, 5.41) is 0. The highest BCUT2D eigenvalue weighted by Crippen LogP contribution is 2.29. The lowest BCUT2D eigenvalue weighted by molar-refractivity contribution is 0.00662. The SMILES string of the molecule is COC(C)(C)CCC(C(C)C)C(C)C. The quantitative estimate of drug-likeness (QED) is 0.626. The van der Waals surface area contributed by atoms with Gasteiger partial charge in [-0.1, -0.05) is 27.7 Å². The van der Waals surface area contributed by atoms with Crippen LogP contribution >= 0.6 is 0 Å². The summed E-state index contributed by atoms with van der Waals surface area (Å²) >= 11 is 0. The Hall–Kier alpha value is -0.0400. The predicted octanol–water partition coefficient (Wildman–Crippen LogP) is 4.12. The monoisotopic (exact) mass is 200 g/mol. The zero-order chi connectivity index (χ0) is 11.4. The van der Waals surface area contributed by atoms with E-state index in [1.54, 1.807) is 7.11 Å². The minimum atomic E-state index is 0.0437. The first kappa shape index (κ1) is 14.0.